The third-order valence-corrected chi connectivity index (χ3v) is 2.67. The molecule has 0 bridgehead atoms. The Labute approximate surface area is 77.4 Å². The molecule has 0 amide bonds. The largest absolute Gasteiger partial charge is 0.393 e. The van der Waals surface area contributed by atoms with Gasteiger partial charge in [-0.3, -0.25) is 0 Å². The minimum Gasteiger partial charge on any atom is -0.393 e. The highest BCUT2D eigenvalue weighted by molar-refractivity contribution is 5.29. The normalized spacial score (nSPS) is 18.3. The van der Waals surface area contributed by atoms with Gasteiger partial charge in [0.25, 0.3) is 0 Å². The van der Waals surface area contributed by atoms with Crippen LogP contribution in [0.25, 0.3) is 0 Å². The number of aliphatic hydroxyl groups excluding tert-OH is 2. The summed E-state index contributed by atoms with van der Waals surface area (Å²) >= 11 is 0. The number of aliphatic hydroxyl groups is 2. The van der Waals surface area contributed by atoms with E-state index in [-0.39, 0.29) is 6.61 Å². The van der Waals surface area contributed by atoms with Gasteiger partial charge in [-0.1, -0.05) is 0 Å². The molecule has 3 heteroatoms. The fraction of sp³-hybridized carbons (Fsp3) is 0.600. The average molecular weight is 181 g/mol. The Bertz CT molecular complexity index is 270. The van der Waals surface area contributed by atoms with E-state index < -0.39 is 6.10 Å². The van der Waals surface area contributed by atoms with Gasteiger partial charge < -0.3 is 15.2 Å². The van der Waals surface area contributed by atoms with Crippen molar-refractivity contribution in [2.75, 3.05) is 6.61 Å². The lowest BCUT2D eigenvalue weighted by molar-refractivity contribution is 0.0926. The van der Waals surface area contributed by atoms with Crippen LogP contribution < -0.4 is 0 Å². The molecular weight excluding hydrogens is 166 g/mol. The topological polar surface area (TPSA) is 56.2 Å². The number of rotatable bonds is 2. The van der Waals surface area contributed by atoms with Crippen molar-refractivity contribution in [2.24, 2.45) is 0 Å². The standard InChI is InChI=1S/C10H15NO2/c12-6-10(13)9-5-7-3-1-2-4-8(7)11-9/h5,10-13H,1-4,6H2. The van der Waals surface area contributed by atoms with Crippen molar-refractivity contribution < 1.29 is 10.2 Å². The molecule has 2 rings (SSSR count). The van der Waals surface area contributed by atoms with Crippen molar-refractivity contribution >= 4 is 0 Å². The molecule has 1 unspecified atom stereocenters. The molecule has 0 aliphatic heterocycles. The summed E-state index contributed by atoms with van der Waals surface area (Å²) in [7, 11) is 0. The fourth-order valence-electron chi connectivity index (χ4n) is 1.91. The molecule has 72 valence electrons. The Morgan fingerprint density at radius 2 is 2.15 bits per heavy atom. The molecule has 0 saturated carbocycles. The van der Waals surface area contributed by atoms with Crippen molar-refractivity contribution in [1.29, 1.82) is 0 Å². The summed E-state index contributed by atoms with van der Waals surface area (Å²) in [6, 6.07) is 1.98. The summed E-state index contributed by atoms with van der Waals surface area (Å²) < 4.78 is 0. The molecule has 0 radical (unpaired) electrons. The van der Waals surface area contributed by atoms with Gasteiger partial charge in [-0.15, -0.1) is 0 Å². The van der Waals surface area contributed by atoms with Crippen LogP contribution in [0.15, 0.2) is 6.07 Å². The van der Waals surface area contributed by atoms with Crippen molar-refractivity contribution in [1.82, 2.24) is 4.98 Å². The monoisotopic (exact) mass is 181 g/mol. The molecule has 1 atom stereocenters. The average Bonchev–Trinajstić information content (AvgIpc) is 2.59. The number of hydrogen-bond acceptors (Lipinski definition) is 2. The molecule has 1 aliphatic carbocycles. The van der Waals surface area contributed by atoms with E-state index >= 15 is 0 Å². The third kappa shape index (κ3) is 1.62. The number of aromatic nitrogens is 1. The highest BCUT2D eigenvalue weighted by Gasteiger charge is 2.15. The first-order valence-electron chi connectivity index (χ1n) is 4.81. The molecule has 0 spiro atoms. The number of hydrogen-bond donors (Lipinski definition) is 3. The lowest BCUT2D eigenvalue weighted by Crippen LogP contribution is -2.03. The van der Waals surface area contributed by atoms with Crippen molar-refractivity contribution in [3.8, 4) is 0 Å². The number of fused-ring (bicyclic) bond motifs is 1. The lowest BCUT2D eigenvalue weighted by Gasteiger charge is -2.09. The molecule has 0 fully saturated rings. The van der Waals surface area contributed by atoms with E-state index in [1.54, 1.807) is 0 Å². The van der Waals surface area contributed by atoms with Crippen LogP contribution in [0.2, 0.25) is 0 Å². The Morgan fingerprint density at radius 3 is 2.85 bits per heavy atom. The maximum Gasteiger partial charge on any atom is 0.117 e. The van der Waals surface area contributed by atoms with Gasteiger partial charge in [-0.25, -0.2) is 0 Å². The van der Waals surface area contributed by atoms with E-state index in [0.29, 0.717) is 0 Å². The third-order valence-electron chi connectivity index (χ3n) is 2.67. The zero-order chi connectivity index (χ0) is 9.26. The minimum atomic E-state index is -0.745. The molecular formula is C10H15NO2. The van der Waals surface area contributed by atoms with Crippen LogP contribution in [0.5, 0.6) is 0 Å². The second-order valence-electron chi connectivity index (χ2n) is 3.63. The van der Waals surface area contributed by atoms with Gasteiger partial charge in [-0.05, 0) is 37.3 Å². The van der Waals surface area contributed by atoms with Crippen LogP contribution in [0, 0.1) is 0 Å². The first kappa shape index (κ1) is 8.78. The number of aromatic amines is 1. The maximum atomic E-state index is 9.40. The zero-order valence-corrected chi connectivity index (χ0v) is 7.58. The van der Waals surface area contributed by atoms with Crippen molar-refractivity contribution in [3.63, 3.8) is 0 Å². The van der Waals surface area contributed by atoms with Crippen LogP contribution in [0.1, 0.15) is 35.9 Å². The molecule has 1 heterocycles. The van der Waals surface area contributed by atoms with E-state index in [9.17, 15) is 5.11 Å². The van der Waals surface area contributed by atoms with Gasteiger partial charge >= 0.3 is 0 Å². The first-order chi connectivity index (χ1) is 6.31. The van der Waals surface area contributed by atoms with Gasteiger partial charge in [0.1, 0.15) is 6.10 Å². The number of nitrogens with one attached hydrogen (secondary N) is 1. The van der Waals surface area contributed by atoms with Gasteiger partial charge in [0, 0.05) is 11.4 Å². The van der Waals surface area contributed by atoms with Crippen molar-refractivity contribution in [3.05, 3.63) is 23.0 Å². The second-order valence-corrected chi connectivity index (χ2v) is 3.63. The molecule has 13 heavy (non-hydrogen) atoms. The van der Waals surface area contributed by atoms with Crippen LogP contribution in [0.4, 0.5) is 0 Å². The first-order valence-corrected chi connectivity index (χ1v) is 4.81. The molecule has 0 aromatic carbocycles. The zero-order valence-electron chi connectivity index (χ0n) is 7.58. The van der Waals surface area contributed by atoms with E-state index in [2.05, 4.69) is 4.98 Å². The molecule has 3 nitrogen and oxygen atoms in total. The van der Waals surface area contributed by atoms with E-state index in [0.717, 1.165) is 18.5 Å². The van der Waals surface area contributed by atoms with E-state index in [4.69, 9.17) is 5.11 Å². The van der Waals surface area contributed by atoms with E-state index in [1.165, 1.54) is 24.1 Å². The maximum absolute atomic E-state index is 9.40. The summed E-state index contributed by atoms with van der Waals surface area (Å²) in [6.07, 6.45) is 3.89. The van der Waals surface area contributed by atoms with Gasteiger partial charge in [0.15, 0.2) is 0 Å². The molecule has 1 aromatic rings. The summed E-state index contributed by atoms with van der Waals surface area (Å²) in [5.74, 6) is 0. The predicted molar refractivity (Wildman–Crippen MR) is 49.5 cm³/mol. The highest BCUT2D eigenvalue weighted by Crippen LogP contribution is 2.24. The van der Waals surface area contributed by atoms with Gasteiger partial charge in [-0.2, -0.15) is 0 Å². The predicted octanol–water partition coefficient (Wildman–Crippen LogP) is 0.919. The Balaban J connectivity index is 2.25. The van der Waals surface area contributed by atoms with Gasteiger partial charge in [0.05, 0.1) is 6.61 Å². The summed E-state index contributed by atoms with van der Waals surface area (Å²) in [4.78, 5) is 3.17. The molecule has 1 aliphatic rings. The minimum absolute atomic E-state index is 0.209. The fourth-order valence-corrected chi connectivity index (χ4v) is 1.91. The second kappa shape index (κ2) is 3.52. The van der Waals surface area contributed by atoms with E-state index in [1.807, 2.05) is 6.07 Å². The quantitative estimate of drug-likeness (QED) is 0.635. The Kier molecular flexibility index (Phi) is 2.38. The van der Waals surface area contributed by atoms with Crippen LogP contribution in [-0.2, 0) is 12.8 Å². The van der Waals surface area contributed by atoms with Crippen molar-refractivity contribution in [2.45, 2.75) is 31.8 Å². The Morgan fingerprint density at radius 1 is 1.38 bits per heavy atom. The SMILES string of the molecule is OCC(O)c1cc2c([nH]1)CCCC2. The van der Waals surface area contributed by atoms with Crippen LogP contribution >= 0.6 is 0 Å². The summed E-state index contributed by atoms with van der Waals surface area (Å²) in [5, 5.41) is 18.2. The summed E-state index contributed by atoms with van der Waals surface area (Å²) in [5.41, 5.74) is 3.32. The molecule has 1 aromatic heterocycles. The van der Waals surface area contributed by atoms with Crippen LogP contribution in [0.3, 0.4) is 0 Å². The van der Waals surface area contributed by atoms with Crippen LogP contribution in [-0.4, -0.2) is 21.8 Å². The molecule has 3 N–H and O–H groups in total. The number of aryl methyl sites for hydroxylation is 2. The lowest BCUT2D eigenvalue weighted by atomic mass is 9.98. The highest BCUT2D eigenvalue weighted by atomic mass is 16.3. The Hall–Kier alpha value is -0.800. The number of H-pyrrole nitrogens is 1. The molecule has 0 saturated heterocycles. The smallest absolute Gasteiger partial charge is 0.117 e. The van der Waals surface area contributed by atoms with Gasteiger partial charge in [0.2, 0.25) is 0 Å². The summed E-state index contributed by atoms with van der Waals surface area (Å²) in [6.45, 7) is -0.209.